The smallest absolute Gasteiger partial charge is 0.180 e. The third-order valence-electron chi connectivity index (χ3n) is 5.02. The van der Waals surface area contributed by atoms with Gasteiger partial charge in [-0.15, -0.1) is 0 Å². The van der Waals surface area contributed by atoms with Crippen LogP contribution in [-0.2, 0) is 24.1 Å². The number of hydrogen-bond donors (Lipinski definition) is 0. The minimum Gasteiger partial charge on any atom is -0.352 e. The standard InChI is InChI=1S/C22H22FN5O/c1-14-6-7-15(11-24-14)10-17(29)13-28(2)22-18-4-3-5-19(18)26-21(27-22)20-9-8-16(23)12-25-20/h6-9,11-12H,3-5,10,13H2,1-2H3. The molecule has 3 heterocycles. The molecule has 0 saturated heterocycles. The van der Waals surface area contributed by atoms with Gasteiger partial charge in [-0.25, -0.2) is 19.3 Å². The molecule has 1 aliphatic rings. The number of carbonyl (C=O) groups is 1. The summed E-state index contributed by atoms with van der Waals surface area (Å²) in [6.07, 6.45) is 6.01. The van der Waals surface area contributed by atoms with E-state index in [0.717, 1.165) is 53.8 Å². The molecule has 0 spiro atoms. The highest BCUT2D eigenvalue weighted by molar-refractivity contribution is 5.85. The normalized spacial score (nSPS) is 12.7. The van der Waals surface area contributed by atoms with Crippen LogP contribution in [0.1, 0.15) is 28.9 Å². The fourth-order valence-corrected chi connectivity index (χ4v) is 3.58. The summed E-state index contributed by atoms with van der Waals surface area (Å²) in [5.74, 6) is 0.903. The number of ketones is 1. The van der Waals surface area contributed by atoms with Crippen LogP contribution in [-0.4, -0.2) is 39.3 Å². The van der Waals surface area contributed by atoms with Crippen LogP contribution < -0.4 is 4.90 Å². The predicted molar refractivity (Wildman–Crippen MR) is 108 cm³/mol. The number of pyridine rings is 2. The van der Waals surface area contributed by atoms with Crippen LogP contribution in [0.4, 0.5) is 10.2 Å². The van der Waals surface area contributed by atoms with E-state index in [4.69, 9.17) is 0 Å². The molecule has 0 bridgehead atoms. The number of likely N-dealkylation sites (N-methyl/N-ethyl adjacent to an activating group) is 1. The van der Waals surface area contributed by atoms with Crippen molar-refractivity contribution in [3.63, 3.8) is 0 Å². The Hall–Kier alpha value is -3.22. The third kappa shape index (κ3) is 4.29. The van der Waals surface area contributed by atoms with Gasteiger partial charge < -0.3 is 4.90 Å². The number of fused-ring (bicyclic) bond motifs is 1. The van der Waals surface area contributed by atoms with Crippen LogP contribution in [0.15, 0.2) is 36.7 Å². The quantitative estimate of drug-likeness (QED) is 0.643. The topological polar surface area (TPSA) is 71.9 Å². The number of halogens is 1. The van der Waals surface area contributed by atoms with Crippen molar-refractivity contribution >= 4 is 11.6 Å². The number of hydrogen-bond acceptors (Lipinski definition) is 6. The Morgan fingerprint density at radius 1 is 1.10 bits per heavy atom. The minimum atomic E-state index is -0.400. The van der Waals surface area contributed by atoms with Crippen LogP contribution in [0.25, 0.3) is 11.5 Å². The Kier molecular flexibility index (Phi) is 5.29. The molecule has 6 nitrogen and oxygen atoms in total. The molecule has 7 heteroatoms. The third-order valence-corrected chi connectivity index (χ3v) is 5.02. The lowest BCUT2D eigenvalue weighted by molar-refractivity contribution is -0.117. The molecule has 1 aliphatic carbocycles. The van der Waals surface area contributed by atoms with Gasteiger partial charge in [0, 0.05) is 36.6 Å². The first kappa shape index (κ1) is 19.1. The summed E-state index contributed by atoms with van der Waals surface area (Å²) >= 11 is 0. The fraction of sp³-hybridized carbons (Fsp3) is 0.318. The Morgan fingerprint density at radius 2 is 1.97 bits per heavy atom. The summed E-state index contributed by atoms with van der Waals surface area (Å²) in [4.78, 5) is 32.2. The lowest BCUT2D eigenvalue weighted by Crippen LogP contribution is -2.28. The first-order chi connectivity index (χ1) is 14.0. The molecule has 0 fully saturated rings. The molecule has 4 rings (SSSR count). The van der Waals surface area contributed by atoms with Crippen molar-refractivity contribution in [3.8, 4) is 11.5 Å². The van der Waals surface area contributed by atoms with E-state index in [1.165, 1.54) is 6.07 Å². The van der Waals surface area contributed by atoms with Crippen LogP contribution in [0.3, 0.4) is 0 Å². The Morgan fingerprint density at radius 3 is 2.69 bits per heavy atom. The molecule has 0 aromatic carbocycles. The zero-order valence-electron chi connectivity index (χ0n) is 16.5. The van der Waals surface area contributed by atoms with Gasteiger partial charge in [0.05, 0.1) is 12.7 Å². The molecule has 3 aromatic heterocycles. The Balaban J connectivity index is 1.57. The maximum Gasteiger partial charge on any atom is 0.180 e. The van der Waals surface area contributed by atoms with Gasteiger partial charge >= 0.3 is 0 Å². The van der Waals surface area contributed by atoms with Gasteiger partial charge in [-0.3, -0.25) is 9.78 Å². The van der Waals surface area contributed by atoms with Crippen molar-refractivity contribution < 1.29 is 9.18 Å². The van der Waals surface area contributed by atoms with Crippen molar-refractivity contribution in [2.24, 2.45) is 0 Å². The highest BCUT2D eigenvalue weighted by Crippen LogP contribution is 2.30. The van der Waals surface area contributed by atoms with Crippen molar-refractivity contribution in [1.29, 1.82) is 0 Å². The lowest BCUT2D eigenvalue weighted by Gasteiger charge is -2.21. The summed E-state index contributed by atoms with van der Waals surface area (Å²) in [6, 6.07) is 6.76. The molecule has 0 radical (unpaired) electrons. The SMILES string of the molecule is Cc1ccc(CC(=O)CN(C)c2nc(-c3ccc(F)cn3)nc3c2CCC3)cn1. The van der Waals surface area contributed by atoms with E-state index < -0.39 is 5.82 Å². The first-order valence-corrected chi connectivity index (χ1v) is 9.65. The molecule has 0 atom stereocenters. The number of Topliss-reactive ketones (excluding diaryl/α,β-unsaturated/α-hetero) is 1. The fourth-order valence-electron chi connectivity index (χ4n) is 3.58. The zero-order valence-corrected chi connectivity index (χ0v) is 16.5. The summed E-state index contributed by atoms with van der Waals surface area (Å²) in [6.45, 7) is 2.16. The molecule has 0 N–H and O–H groups in total. The highest BCUT2D eigenvalue weighted by atomic mass is 19.1. The molecule has 0 aliphatic heterocycles. The number of aromatic nitrogens is 4. The average molecular weight is 391 g/mol. The van der Waals surface area contributed by atoms with Gasteiger partial charge in [0.2, 0.25) is 0 Å². The van der Waals surface area contributed by atoms with E-state index >= 15 is 0 Å². The number of carbonyl (C=O) groups excluding carboxylic acids is 1. The summed E-state index contributed by atoms with van der Waals surface area (Å²) in [5.41, 5.74) is 4.42. The zero-order chi connectivity index (χ0) is 20.4. The van der Waals surface area contributed by atoms with Gasteiger partial charge in [-0.05, 0) is 49.9 Å². The second-order valence-electron chi connectivity index (χ2n) is 7.39. The second kappa shape index (κ2) is 8.03. The maximum atomic E-state index is 13.2. The highest BCUT2D eigenvalue weighted by Gasteiger charge is 2.23. The van der Waals surface area contributed by atoms with Crippen molar-refractivity contribution in [2.75, 3.05) is 18.5 Å². The second-order valence-corrected chi connectivity index (χ2v) is 7.39. The van der Waals surface area contributed by atoms with Crippen molar-refractivity contribution in [2.45, 2.75) is 32.6 Å². The van der Waals surface area contributed by atoms with Crippen molar-refractivity contribution in [1.82, 2.24) is 19.9 Å². The van der Waals surface area contributed by atoms with E-state index in [1.807, 2.05) is 31.0 Å². The van der Waals surface area contributed by atoms with Crippen LogP contribution in [0.5, 0.6) is 0 Å². The molecular formula is C22H22FN5O. The number of aryl methyl sites for hydroxylation is 2. The van der Waals surface area contributed by atoms with Crippen LogP contribution >= 0.6 is 0 Å². The molecular weight excluding hydrogens is 369 g/mol. The molecule has 0 saturated carbocycles. The number of rotatable bonds is 6. The molecule has 148 valence electrons. The number of anilines is 1. The van der Waals surface area contributed by atoms with Crippen LogP contribution in [0.2, 0.25) is 0 Å². The average Bonchev–Trinajstić information content (AvgIpc) is 3.18. The van der Waals surface area contributed by atoms with Gasteiger partial charge in [-0.1, -0.05) is 6.07 Å². The van der Waals surface area contributed by atoms with E-state index in [9.17, 15) is 9.18 Å². The molecule has 29 heavy (non-hydrogen) atoms. The van der Waals surface area contributed by atoms with E-state index in [0.29, 0.717) is 17.9 Å². The van der Waals surface area contributed by atoms with Gasteiger partial charge in [0.25, 0.3) is 0 Å². The Bertz CT molecular complexity index is 1030. The first-order valence-electron chi connectivity index (χ1n) is 9.65. The van der Waals surface area contributed by atoms with Gasteiger partial charge in [0.1, 0.15) is 17.3 Å². The summed E-state index contributed by atoms with van der Waals surface area (Å²) < 4.78 is 13.2. The summed E-state index contributed by atoms with van der Waals surface area (Å²) in [5, 5.41) is 0. The number of nitrogens with zero attached hydrogens (tertiary/aromatic N) is 5. The van der Waals surface area contributed by atoms with Crippen LogP contribution in [0, 0.1) is 12.7 Å². The van der Waals surface area contributed by atoms with E-state index in [1.54, 1.807) is 12.3 Å². The van der Waals surface area contributed by atoms with Crippen molar-refractivity contribution in [3.05, 3.63) is 65.0 Å². The monoisotopic (exact) mass is 391 g/mol. The van der Waals surface area contributed by atoms with Gasteiger partial charge in [0.15, 0.2) is 11.6 Å². The van der Waals surface area contributed by atoms with E-state index in [2.05, 4.69) is 19.9 Å². The maximum absolute atomic E-state index is 13.2. The molecule has 3 aromatic rings. The van der Waals surface area contributed by atoms with Gasteiger partial charge in [-0.2, -0.15) is 0 Å². The lowest BCUT2D eigenvalue weighted by atomic mass is 10.1. The van der Waals surface area contributed by atoms with E-state index in [-0.39, 0.29) is 12.3 Å². The predicted octanol–water partition coefficient (Wildman–Crippen LogP) is 3.12. The minimum absolute atomic E-state index is 0.0879. The molecule has 0 unspecified atom stereocenters. The summed E-state index contributed by atoms with van der Waals surface area (Å²) in [7, 11) is 1.87. The molecule has 0 amide bonds. The largest absolute Gasteiger partial charge is 0.352 e. The Labute approximate surface area is 168 Å².